The Labute approximate surface area is 114 Å². The van der Waals surface area contributed by atoms with Crippen LogP contribution in [0.3, 0.4) is 0 Å². The lowest BCUT2D eigenvalue weighted by molar-refractivity contribution is 0.292. The number of aliphatic hydroxyl groups excluding tert-OH is 1. The van der Waals surface area contributed by atoms with Crippen LogP contribution in [0, 0.1) is 6.92 Å². The molecule has 0 radical (unpaired) electrons. The third-order valence-corrected chi connectivity index (χ3v) is 3.29. The number of aryl methyl sites for hydroxylation is 1. The fourth-order valence-electron chi connectivity index (χ4n) is 2.14. The standard InChI is InChI=1S/C13H23N5O/c1-11-15-12(14-4-3-9-19)10-13(16-11)18-7-5-17(2)6-8-18/h10,19H,3-9H2,1-2H3,(H,14,15,16). The molecule has 1 aliphatic rings. The van der Waals surface area contributed by atoms with E-state index < -0.39 is 0 Å². The number of nitrogens with one attached hydrogen (secondary N) is 1. The summed E-state index contributed by atoms with van der Waals surface area (Å²) in [7, 11) is 2.14. The van der Waals surface area contributed by atoms with Gasteiger partial charge in [-0.05, 0) is 20.4 Å². The Hall–Kier alpha value is -1.40. The first-order valence-electron chi connectivity index (χ1n) is 6.83. The highest BCUT2D eigenvalue weighted by atomic mass is 16.3. The monoisotopic (exact) mass is 265 g/mol. The molecule has 19 heavy (non-hydrogen) atoms. The van der Waals surface area contributed by atoms with E-state index in [2.05, 4.69) is 32.1 Å². The van der Waals surface area contributed by atoms with Gasteiger partial charge < -0.3 is 20.2 Å². The smallest absolute Gasteiger partial charge is 0.134 e. The number of likely N-dealkylation sites (N-methyl/N-ethyl adjacent to an activating group) is 1. The summed E-state index contributed by atoms with van der Waals surface area (Å²) in [5.74, 6) is 2.62. The van der Waals surface area contributed by atoms with E-state index in [0.29, 0.717) is 0 Å². The quantitative estimate of drug-likeness (QED) is 0.748. The van der Waals surface area contributed by atoms with Crippen molar-refractivity contribution in [1.29, 1.82) is 0 Å². The first kappa shape index (κ1) is 14.0. The molecule has 106 valence electrons. The third kappa shape index (κ3) is 4.04. The van der Waals surface area contributed by atoms with Crippen LogP contribution in [-0.2, 0) is 0 Å². The van der Waals surface area contributed by atoms with Gasteiger partial charge in [0, 0.05) is 45.4 Å². The molecule has 2 heterocycles. The van der Waals surface area contributed by atoms with Crippen LogP contribution < -0.4 is 10.2 Å². The lowest BCUT2D eigenvalue weighted by Crippen LogP contribution is -2.44. The molecule has 6 heteroatoms. The first-order valence-corrected chi connectivity index (χ1v) is 6.83. The number of piperazine rings is 1. The van der Waals surface area contributed by atoms with Crippen LogP contribution >= 0.6 is 0 Å². The summed E-state index contributed by atoms with van der Waals surface area (Å²) >= 11 is 0. The molecule has 1 fully saturated rings. The fraction of sp³-hybridized carbons (Fsp3) is 0.692. The van der Waals surface area contributed by atoms with Gasteiger partial charge in [0.1, 0.15) is 17.5 Å². The van der Waals surface area contributed by atoms with Crippen molar-refractivity contribution >= 4 is 11.6 Å². The van der Waals surface area contributed by atoms with Crippen LogP contribution in [0.4, 0.5) is 11.6 Å². The van der Waals surface area contributed by atoms with Gasteiger partial charge in [0.15, 0.2) is 0 Å². The summed E-state index contributed by atoms with van der Waals surface area (Å²) in [6, 6.07) is 2.00. The predicted octanol–water partition coefficient (Wildman–Crippen LogP) is 0.331. The van der Waals surface area contributed by atoms with E-state index in [-0.39, 0.29) is 6.61 Å². The minimum Gasteiger partial charge on any atom is -0.396 e. The van der Waals surface area contributed by atoms with Crippen LogP contribution in [0.2, 0.25) is 0 Å². The van der Waals surface area contributed by atoms with Gasteiger partial charge in [-0.25, -0.2) is 9.97 Å². The maximum Gasteiger partial charge on any atom is 0.134 e. The Morgan fingerprint density at radius 1 is 1.26 bits per heavy atom. The van der Waals surface area contributed by atoms with Gasteiger partial charge in [0.2, 0.25) is 0 Å². The molecule has 6 nitrogen and oxygen atoms in total. The summed E-state index contributed by atoms with van der Waals surface area (Å²) in [6.45, 7) is 6.98. The van der Waals surface area contributed by atoms with E-state index in [1.165, 1.54) is 0 Å². The maximum atomic E-state index is 8.80. The van der Waals surface area contributed by atoms with Gasteiger partial charge in [-0.2, -0.15) is 0 Å². The summed E-state index contributed by atoms with van der Waals surface area (Å²) in [4.78, 5) is 13.5. The molecule has 0 bridgehead atoms. The van der Waals surface area contributed by atoms with Crippen molar-refractivity contribution in [3.63, 3.8) is 0 Å². The molecule has 0 unspecified atom stereocenters. The molecule has 1 aromatic heterocycles. The van der Waals surface area contributed by atoms with E-state index in [9.17, 15) is 0 Å². The zero-order valence-electron chi connectivity index (χ0n) is 11.8. The van der Waals surface area contributed by atoms with Gasteiger partial charge in [0.25, 0.3) is 0 Å². The molecule has 0 saturated carbocycles. The Morgan fingerprint density at radius 3 is 2.68 bits per heavy atom. The third-order valence-electron chi connectivity index (χ3n) is 3.29. The molecular weight excluding hydrogens is 242 g/mol. The first-order chi connectivity index (χ1) is 9.19. The van der Waals surface area contributed by atoms with Gasteiger partial charge in [-0.1, -0.05) is 0 Å². The average Bonchev–Trinajstić information content (AvgIpc) is 2.39. The second kappa shape index (κ2) is 6.68. The molecule has 1 saturated heterocycles. The number of nitrogens with zero attached hydrogens (tertiary/aromatic N) is 4. The van der Waals surface area contributed by atoms with Crippen molar-refractivity contribution in [3.8, 4) is 0 Å². The maximum absolute atomic E-state index is 8.80. The van der Waals surface area contributed by atoms with Crippen molar-refractivity contribution in [2.75, 3.05) is 56.6 Å². The average molecular weight is 265 g/mol. The largest absolute Gasteiger partial charge is 0.396 e. The highest BCUT2D eigenvalue weighted by Gasteiger charge is 2.16. The minimum atomic E-state index is 0.197. The number of hydrogen-bond donors (Lipinski definition) is 2. The van der Waals surface area contributed by atoms with Gasteiger partial charge in [0.05, 0.1) is 0 Å². The van der Waals surface area contributed by atoms with Crippen molar-refractivity contribution in [2.24, 2.45) is 0 Å². The molecule has 2 N–H and O–H groups in total. The van der Waals surface area contributed by atoms with Crippen molar-refractivity contribution in [2.45, 2.75) is 13.3 Å². The number of anilines is 2. The Bertz CT molecular complexity index is 404. The molecule has 0 aliphatic carbocycles. The number of hydrogen-bond acceptors (Lipinski definition) is 6. The summed E-state index contributed by atoms with van der Waals surface area (Å²) < 4.78 is 0. The van der Waals surface area contributed by atoms with E-state index in [1.54, 1.807) is 0 Å². The van der Waals surface area contributed by atoms with Crippen LogP contribution in [0.5, 0.6) is 0 Å². The highest BCUT2D eigenvalue weighted by molar-refractivity contribution is 5.49. The molecule has 1 aromatic rings. The Kier molecular flexibility index (Phi) is 4.93. The van der Waals surface area contributed by atoms with Crippen molar-refractivity contribution in [1.82, 2.24) is 14.9 Å². The SMILES string of the molecule is Cc1nc(NCCCO)cc(N2CCN(C)CC2)n1. The zero-order chi connectivity index (χ0) is 13.7. The van der Waals surface area contributed by atoms with E-state index in [4.69, 9.17) is 5.11 Å². The normalized spacial score (nSPS) is 16.7. The number of aromatic nitrogens is 2. The summed E-state index contributed by atoms with van der Waals surface area (Å²) in [6.07, 6.45) is 0.729. The lowest BCUT2D eigenvalue weighted by atomic mass is 10.3. The second-order valence-corrected chi connectivity index (χ2v) is 4.95. The molecule has 0 aromatic carbocycles. The Balaban J connectivity index is 2.03. The fourth-order valence-corrected chi connectivity index (χ4v) is 2.14. The van der Waals surface area contributed by atoms with Crippen LogP contribution in [0.25, 0.3) is 0 Å². The number of rotatable bonds is 5. The van der Waals surface area contributed by atoms with Crippen LogP contribution in [0.1, 0.15) is 12.2 Å². The van der Waals surface area contributed by atoms with Crippen LogP contribution in [-0.4, -0.2) is 66.4 Å². The van der Waals surface area contributed by atoms with Crippen molar-refractivity contribution in [3.05, 3.63) is 11.9 Å². The minimum absolute atomic E-state index is 0.197. The molecule has 0 amide bonds. The van der Waals surface area contributed by atoms with Crippen molar-refractivity contribution < 1.29 is 5.11 Å². The second-order valence-electron chi connectivity index (χ2n) is 4.95. The van der Waals surface area contributed by atoms with E-state index in [1.807, 2.05) is 13.0 Å². The van der Waals surface area contributed by atoms with E-state index >= 15 is 0 Å². The molecule has 1 aliphatic heterocycles. The van der Waals surface area contributed by atoms with Gasteiger partial charge >= 0.3 is 0 Å². The Morgan fingerprint density at radius 2 is 2.00 bits per heavy atom. The van der Waals surface area contributed by atoms with E-state index in [0.717, 1.165) is 56.6 Å². The summed E-state index contributed by atoms with van der Waals surface area (Å²) in [5, 5.41) is 12.0. The number of aliphatic hydroxyl groups is 1. The zero-order valence-corrected chi connectivity index (χ0v) is 11.8. The molecular formula is C13H23N5O. The highest BCUT2D eigenvalue weighted by Crippen LogP contribution is 2.17. The summed E-state index contributed by atoms with van der Waals surface area (Å²) in [5.41, 5.74) is 0. The topological polar surface area (TPSA) is 64.5 Å². The van der Waals surface area contributed by atoms with Crippen LogP contribution in [0.15, 0.2) is 6.07 Å². The van der Waals surface area contributed by atoms with Gasteiger partial charge in [-0.15, -0.1) is 0 Å². The predicted molar refractivity (Wildman–Crippen MR) is 76.7 cm³/mol. The van der Waals surface area contributed by atoms with Gasteiger partial charge in [-0.3, -0.25) is 0 Å². The molecule has 0 atom stereocenters. The molecule has 0 spiro atoms. The lowest BCUT2D eigenvalue weighted by Gasteiger charge is -2.33. The molecule has 2 rings (SSSR count).